The quantitative estimate of drug-likeness (QED) is 0.794. The van der Waals surface area contributed by atoms with E-state index in [1.54, 1.807) is 0 Å². The molecule has 1 rings (SSSR count). The van der Waals surface area contributed by atoms with Gasteiger partial charge in [0.25, 0.3) is 0 Å². The lowest BCUT2D eigenvalue weighted by atomic mass is 10.2. The van der Waals surface area contributed by atoms with Crippen LogP contribution in [0, 0.1) is 0 Å². The van der Waals surface area contributed by atoms with E-state index in [2.05, 4.69) is 18.9 Å². The number of aliphatic hydroxyl groups is 1. The van der Waals surface area contributed by atoms with E-state index in [-0.39, 0.29) is 6.10 Å². The molecule has 0 bridgehead atoms. The molecule has 0 spiro atoms. The fourth-order valence-corrected chi connectivity index (χ4v) is 1.52. The highest BCUT2D eigenvalue weighted by molar-refractivity contribution is 5.01. The van der Waals surface area contributed by atoms with Crippen LogP contribution in [0.3, 0.4) is 0 Å². The molecule has 1 aromatic heterocycles. The Labute approximate surface area is 104 Å². The first-order valence-electron chi connectivity index (χ1n) is 6.36. The Balaban J connectivity index is 2.43. The molecule has 17 heavy (non-hydrogen) atoms. The minimum absolute atomic E-state index is 0.155. The van der Waals surface area contributed by atoms with Gasteiger partial charge in [0.15, 0.2) is 0 Å². The van der Waals surface area contributed by atoms with Gasteiger partial charge in [0, 0.05) is 18.7 Å². The zero-order valence-corrected chi connectivity index (χ0v) is 11.3. The Hall–Kier alpha value is -0.870. The second-order valence-electron chi connectivity index (χ2n) is 4.78. The van der Waals surface area contributed by atoms with Crippen molar-refractivity contribution in [1.29, 1.82) is 0 Å². The van der Waals surface area contributed by atoms with Crippen LogP contribution in [0.2, 0.25) is 0 Å². The Kier molecular flexibility index (Phi) is 5.65. The van der Waals surface area contributed by atoms with Gasteiger partial charge in [-0.3, -0.25) is 4.68 Å². The molecule has 0 saturated carbocycles. The fourth-order valence-electron chi connectivity index (χ4n) is 1.52. The molecule has 4 nitrogen and oxygen atoms in total. The third-order valence-electron chi connectivity index (χ3n) is 2.77. The number of hydrogen-bond acceptors (Lipinski definition) is 3. The molecular formula is C13H24N2O2. The first-order chi connectivity index (χ1) is 8.02. The minimum atomic E-state index is -0.474. The molecule has 0 radical (unpaired) electrons. The smallest absolute Gasteiger partial charge is 0.0829 e. The highest BCUT2D eigenvalue weighted by Gasteiger charge is 2.10. The Bertz CT molecular complexity index is 323. The van der Waals surface area contributed by atoms with Crippen molar-refractivity contribution < 1.29 is 9.84 Å². The molecule has 1 aromatic rings. The van der Waals surface area contributed by atoms with Crippen molar-refractivity contribution >= 4 is 0 Å². The number of ether oxygens (including phenoxy) is 1. The van der Waals surface area contributed by atoms with Crippen molar-refractivity contribution in [3.8, 4) is 0 Å². The summed E-state index contributed by atoms with van der Waals surface area (Å²) in [5.41, 5.74) is 0.921. The van der Waals surface area contributed by atoms with Crippen molar-refractivity contribution in [3.63, 3.8) is 0 Å². The Morgan fingerprint density at radius 3 is 2.71 bits per heavy atom. The number of hydrogen-bond donors (Lipinski definition) is 1. The van der Waals surface area contributed by atoms with E-state index in [1.165, 1.54) is 0 Å². The van der Waals surface area contributed by atoms with E-state index in [0.717, 1.165) is 12.1 Å². The molecule has 0 saturated heterocycles. The summed E-state index contributed by atoms with van der Waals surface area (Å²) in [6, 6.07) is 2.37. The normalized spacial score (nSPS) is 15.2. The van der Waals surface area contributed by atoms with Crippen LogP contribution < -0.4 is 0 Å². The molecule has 0 fully saturated rings. The molecule has 0 amide bonds. The lowest BCUT2D eigenvalue weighted by molar-refractivity contribution is 0.00580. The predicted octanol–water partition coefficient (Wildman–Crippen LogP) is 2.18. The highest BCUT2D eigenvalue weighted by Crippen LogP contribution is 2.10. The third kappa shape index (κ3) is 4.88. The summed E-state index contributed by atoms with van der Waals surface area (Å²) in [5.74, 6) is 0. The molecule has 0 aromatic carbocycles. The first-order valence-corrected chi connectivity index (χ1v) is 6.36. The second kappa shape index (κ2) is 6.77. The molecule has 0 aliphatic carbocycles. The number of aromatic nitrogens is 2. The molecule has 98 valence electrons. The second-order valence-corrected chi connectivity index (χ2v) is 4.78. The number of rotatable bonds is 7. The highest BCUT2D eigenvalue weighted by atomic mass is 16.5. The van der Waals surface area contributed by atoms with Gasteiger partial charge < -0.3 is 9.84 Å². The zero-order chi connectivity index (χ0) is 12.8. The van der Waals surface area contributed by atoms with E-state index in [9.17, 15) is 5.11 Å². The maximum absolute atomic E-state index is 9.78. The van der Waals surface area contributed by atoms with E-state index in [0.29, 0.717) is 19.1 Å². The number of nitrogens with zero attached hydrogens (tertiary/aromatic N) is 2. The fraction of sp³-hybridized carbons (Fsp3) is 0.769. The SMILES string of the molecule is CCC(C)n1ccc(CC(O)COC(C)C)n1. The summed E-state index contributed by atoms with van der Waals surface area (Å²) >= 11 is 0. The molecular weight excluding hydrogens is 216 g/mol. The van der Waals surface area contributed by atoms with E-state index in [4.69, 9.17) is 4.74 Å². The van der Waals surface area contributed by atoms with Crippen molar-refractivity contribution in [3.05, 3.63) is 18.0 Å². The van der Waals surface area contributed by atoms with Crippen LogP contribution in [-0.2, 0) is 11.2 Å². The maximum atomic E-state index is 9.78. The molecule has 2 atom stereocenters. The van der Waals surface area contributed by atoms with Gasteiger partial charge in [-0.25, -0.2) is 0 Å². The zero-order valence-electron chi connectivity index (χ0n) is 11.3. The summed E-state index contributed by atoms with van der Waals surface area (Å²) in [5, 5.41) is 14.2. The summed E-state index contributed by atoms with van der Waals surface area (Å²) in [7, 11) is 0. The molecule has 1 heterocycles. The van der Waals surface area contributed by atoms with Gasteiger partial charge in [-0.1, -0.05) is 6.92 Å². The van der Waals surface area contributed by atoms with Crippen LogP contribution >= 0.6 is 0 Å². The molecule has 0 aliphatic rings. The molecule has 4 heteroatoms. The summed E-state index contributed by atoms with van der Waals surface area (Å²) in [6.07, 6.45) is 3.26. The topological polar surface area (TPSA) is 47.3 Å². The summed E-state index contributed by atoms with van der Waals surface area (Å²) in [4.78, 5) is 0. The molecule has 1 N–H and O–H groups in total. The van der Waals surface area contributed by atoms with Crippen molar-refractivity contribution in [2.75, 3.05) is 6.61 Å². The van der Waals surface area contributed by atoms with Crippen molar-refractivity contribution in [2.24, 2.45) is 0 Å². The number of aliphatic hydroxyl groups excluding tert-OH is 1. The first kappa shape index (κ1) is 14.2. The predicted molar refractivity (Wildman–Crippen MR) is 68.0 cm³/mol. The average molecular weight is 240 g/mol. The monoisotopic (exact) mass is 240 g/mol. The van der Waals surface area contributed by atoms with Gasteiger partial charge >= 0.3 is 0 Å². The summed E-state index contributed by atoms with van der Waals surface area (Å²) < 4.78 is 7.32. The third-order valence-corrected chi connectivity index (χ3v) is 2.77. The maximum Gasteiger partial charge on any atom is 0.0829 e. The van der Waals surface area contributed by atoms with Crippen molar-refractivity contribution in [1.82, 2.24) is 9.78 Å². The van der Waals surface area contributed by atoms with Gasteiger partial charge in [-0.05, 0) is 33.3 Å². The molecule has 0 aliphatic heterocycles. The van der Waals surface area contributed by atoms with Gasteiger partial charge in [-0.2, -0.15) is 5.10 Å². The largest absolute Gasteiger partial charge is 0.390 e. The molecule has 2 unspecified atom stereocenters. The lowest BCUT2D eigenvalue weighted by Crippen LogP contribution is -2.21. The Morgan fingerprint density at radius 2 is 2.12 bits per heavy atom. The van der Waals surface area contributed by atoms with Crippen molar-refractivity contribution in [2.45, 2.75) is 58.8 Å². The standard InChI is InChI=1S/C13H24N2O2/c1-5-11(4)15-7-6-12(14-15)8-13(16)9-17-10(2)3/h6-7,10-11,13,16H,5,8-9H2,1-4H3. The van der Waals surface area contributed by atoms with Gasteiger partial charge in [-0.15, -0.1) is 0 Å². The van der Waals surface area contributed by atoms with Crippen LogP contribution in [0.5, 0.6) is 0 Å². The van der Waals surface area contributed by atoms with Crippen LogP contribution in [0.1, 0.15) is 45.9 Å². The van der Waals surface area contributed by atoms with E-state index in [1.807, 2.05) is 30.8 Å². The minimum Gasteiger partial charge on any atom is -0.390 e. The lowest BCUT2D eigenvalue weighted by Gasteiger charge is -2.12. The van der Waals surface area contributed by atoms with Crippen LogP contribution in [0.4, 0.5) is 0 Å². The van der Waals surface area contributed by atoms with E-state index >= 15 is 0 Å². The van der Waals surface area contributed by atoms with E-state index < -0.39 is 6.10 Å². The van der Waals surface area contributed by atoms with Gasteiger partial charge in [0.1, 0.15) is 0 Å². The Morgan fingerprint density at radius 1 is 1.41 bits per heavy atom. The van der Waals surface area contributed by atoms with Crippen LogP contribution in [0.25, 0.3) is 0 Å². The van der Waals surface area contributed by atoms with Crippen LogP contribution in [0.15, 0.2) is 12.3 Å². The van der Waals surface area contributed by atoms with Crippen LogP contribution in [-0.4, -0.2) is 33.7 Å². The van der Waals surface area contributed by atoms with Gasteiger partial charge in [0.2, 0.25) is 0 Å². The van der Waals surface area contributed by atoms with Gasteiger partial charge in [0.05, 0.1) is 24.5 Å². The summed E-state index contributed by atoms with van der Waals surface area (Å²) in [6.45, 7) is 8.56. The average Bonchev–Trinajstić information content (AvgIpc) is 2.73.